The van der Waals surface area contributed by atoms with E-state index in [2.05, 4.69) is 5.32 Å². The zero-order valence-electron chi connectivity index (χ0n) is 14.6. The molecule has 2 aromatic rings. The Morgan fingerprint density at radius 3 is 2.42 bits per heavy atom. The van der Waals surface area contributed by atoms with Crippen LogP contribution in [0.4, 0.5) is 0 Å². The summed E-state index contributed by atoms with van der Waals surface area (Å²) in [4.78, 5) is 14.6. The highest BCUT2D eigenvalue weighted by Crippen LogP contribution is 2.23. The zero-order valence-corrected chi connectivity index (χ0v) is 15.4. The van der Waals surface area contributed by atoms with E-state index in [-0.39, 0.29) is 11.9 Å². The van der Waals surface area contributed by atoms with Crippen molar-refractivity contribution in [1.82, 2.24) is 14.5 Å². The van der Waals surface area contributed by atoms with E-state index in [1.807, 2.05) is 30.3 Å². The maximum atomic E-state index is 13.0. The van der Waals surface area contributed by atoms with E-state index in [1.165, 1.54) is 4.31 Å². The normalized spacial score (nSPS) is 22.0. The third-order valence-corrected chi connectivity index (χ3v) is 7.16. The minimum Gasteiger partial charge on any atom is -0.339 e. The number of carbonyl (C=O) groups is 1. The third-order valence-electron chi connectivity index (χ3n) is 5.27. The Morgan fingerprint density at radius 2 is 1.73 bits per heavy atom. The Morgan fingerprint density at radius 1 is 1.00 bits per heavy atom. The Balaban J connectivity index is 1.47. The van der Waals surface area contributed by atoms with Crippen molar-refractivity contribution < 1.29 is 13.2 Å². The number of sulfonamides is 1. The highest BCUT2D eigenvalue weighted by molar-refractivity contribution is 7.89. The van der Waals surface area contributed by atoms with Crippen molar-refractivity contribution >= 4 is 26.7 Å². The maximum Gasteiger partial charge on any atom is 0.243 e. The molecular weight excluding hydrogens is 350 g/mol. The molecule has 0 spiro atoms. The summed E-state index contributed by atoms with van der Waals surface area (Å²) in [7, 11) is -3.54. The van der Waals surface area contributed by atoms with Crippen molar-refractivity contribution in [2.75, 3.05) is 32.7 Å². The second-order valence-corrected chi connectivity index (χ2v) is 8.83. The van der Waals surface area contributed by atoms with Gasteiger partial charge in [0.15, 0.2) is 0 Å². The Hall–Kier alpha value is -1.96. The number of benzene rings is 2. The molecule has 26 heavy (non-hydrogen) atoms. The second-order valence-electron chi connectivity index (χ2n) is 6.89. The first-order chi connectivity index (χ1) is 12.6. The Labute approximate surface area is 153 Å². The highest BCUT2D eigenvalue weighted by atomic mass is 32.2. The molecule has 6 nitrogen and oxygen atoms in total. The van der Waals surface area contributed by atoms with Gasteiger partial charge in [0, 0.05) is 26.2 Å². The minimum atomic E-state index is -3.54. The summed E-state index contributed by atoms with van der Waals surface area (Å²) in [5, 5.41) is 5.15. The van der Waals surface area contributed by atoms with E-state index in [0.29, 0.717) is 31.1 Å². The average molecular weight is 373 g/mol. The van der Waals surface area contributed by atoms with Crippen LogP contribution in [0.15, 0.2) is 47.4 Å². The van der Waals surface area contributed by atoms with Gasteiger partial charge in [-0.1, -0.05) is 30.3 Å². The van der Waals surface area contributed by atoms with Crippen molar-refractivity contribution in [3.63, 3.8) is 0 Å². The van der Waals surface area contributed by atoms with E-state index in [4.69, 9.17) is 0 Å². The van der Waals surface area contributed by atoms with Crippen LogP contribution in [-0.4, -0.2) is 62.3 Å². The second kappa shape index (κ2) is 6.98. The van der Waals surface area contributed by atoms with Gasteiger partial charge in [-0.25, -0.2) is 8.42 Å². The zero-order chi connectivity index (χ0) is 18.1. The predicted octanol–water partition coefficient (Wildman–Crippen LogP) is 1.42. The lowest BCUT2D eigenvalue weighted by molar-refractivity contribution is -0.134. The molecule has 1 atom stereocenters. The van der Waals surface area contributed by atoms with Crippen LogP contribution in [0.25, 0.3) is 10.8 Å². The van der Waals surface area contributed by atoms with Crippen LogP contribution in [0.1, 0.15) is 12.8 Å². The standard InChI is InChI=1S/C19H23N3O3S/c23-19(18-6-3-9-20-18)21-10-12-22(13-11-21)26(24,25)17-8-7-15-4-1-2-5-16(15)14-17/h1-2,4-5,7-8,14,18,20H,3,6,9-13H2. The molecule has 2 heterocycles. The molecule has 7 heteroatoms. The van der Waals surface area contributed by atoms with Crippen LogP contribution in [0.2, 0.25) is 0 Å². The van der Waals surface area contributed by atoms with Crippen molar-refractivity contribution in [3.05, 3.63) is 42.5 Å². The summed E-state index contributed by atoms with van der Waals surface area (Å²) in [6.45, 7) is 2.46. The van der Waals surface area contributed by atoms with Gasteiger partial charge in [-0.2, -0.15) is 4.31 Å². The highest BCUT2D eigenvalue weighted by Gasteiger charge is 2.33. The Kier molecular flexibility index (Phi) is 4.69. The molecule has 0 aliphatic carbocycles. The van der Waals surface area contributed by atoms with Crippen LogP contribution >= 0.6 is 0 Å². The lowest BCUT2D eigenvalue weighted by Gasteiger charge is -2.35. The van der Waals surface area contributed by atoms with E-state index in [1.54, 1.807) is 17.0 Å². The summed E-state index contributed by atoms with van der Waals surface area (Å²) in [6, 6.07) is 12.9. The van der Waals surface area contributed by atoms with E-state index >= 15 is 0 Å². The number of hydrogen-bond donors (Lipinski definition) is 1. The van der Waals surface area contributed by atoms with Gasteiger partial charge in [-0.15, -0.1) is 0 Å². The van der Waals surface area contributed by atoms with Crippen LogP contribution < -0.4 is 5.32 Å². The number of rotatable bonds is 3. The molecule has 2 aromatic carbocycles. The number of carbonyl (C=O) groups excluding carboxylic acids is 1. The number of fused-ring (bicyclic) bond motifs is 1. The molecule has 0 bridgehead atoms. The summed E-state index contributed by atoms with van der Waals surface area (Å²) >= 11 is 0. The van der Waals surface area contributed by atoms with Crippen molar-refractivity contribution in [1.29, 1.82) is 0 Å². The maximum absolute atomic E-state index is 13.0. The molecule has 0 aromatic heterocycles. The predicted molar refractivity (Wildman–Crippen MR) is 100 cm³/mol. The summed E-state index contributed by atoms with van der Waals surface area (Å²) in [6.07, 6.45) is 1.89. The minimum absolute atomic E-state index is 0.0985. The smallest absolute Gasteiger partial charge is 0.243 e. The summed E-state index contributed by atoms with van der Waals surface area (Å²) in [5.41, 5.74) is 0. The van der Waals surface area contributed by atoms with Crippen LogP contribution in [0.3, 0.4) is 0 Å². The molecule has 0 radical (unpaired) electrons. The number of hydrogen-bond acceptors (Lipinski definition) is 4. The van der Waals surface area contributed by atoms with Crippen molar-refractivity contribution in [2.24, 2.45) is 0 Å². The monoisotopic (exact) mass is 373 g/mol. The molecule has 2 aliphatic rings. The van der Waals surface area contributed by atoms with Gasteiger partial charge in [0.05, 0.1) is 10.9 Å². The van der Waals surface area contributed by atoms with Crippen LogP contribution in [-0.2, 0) is 14.8 Å². The quantitative estimate of drug-likeness (QED) is 0.884. The van der Waals surface area contributed by atoms with Gasteiger partial charge >= 0.3 is 0 Å². The van der Waals surface area contributed by atoms with Gasteiger partial charge in [-0.3, -0.25) is 4.79 Å². The van der Waals surface area contributed by atoms with Crippen LogP contribution in [0, 0.1) is 0 Å². The Bertz CT molecular complexity index is 915. The van der Waals surface area contributed by atoms with Gasteiger partial charge in [0.1, 0.15) is 0 Å². The lowest BCUT2D eigenvalue weighted by Crippen LogP contribution is -2.54. The topological polar surface area (TPSA) is 69.7 Å². The molecule has 0 saturated carbocycles. The van der Waals surface area contributed by atoms with Gasteiger partial charge in [0.2, 0.25) is 15.9 Å². The number of piperazine rings is 1. The van der Waals surface area contributed by atoms with Crippen molar-refractivity contribution in [3.8, 4) is 0 Å². The molecule has 4 rings (SSSR count). The first kappa shape index (κ1) is 17.5. The molecule has 2 fully saturated rings. The number of amides is 1. The SMILES string of the molecule is O=C(C1CCCN1)N1CCN(S(=O)(=O)c2ccc3ccccc3c2)CC1. The molecule has 1 unspecified atom stereocenters. The van der Waals surface area contributed by atoms with Crippen LogP contribution in [0.5, 0.6) is 0 Å². The van der Waals surface area contributed by atoms with E-state index in [9.17, 15) is 13.2 Å². The third kappa shape index (κ3) is 3.22. The van der Waals surface area contributed by atoms with Gasteiger partial charge in [-0.05, 0) is 42.3 Å². The number of nitrogens with one attached hydrogen (secondary N) is 1. The molecule has 138 valence electrons. The fourth-order valence-corrected chi connectivity index (χ4v) is 5.20. The summed E-state index contributed by atoms with van der Waals surface area (Å²) < 4.78 is 27.4. The fraction of sp³-hybridized carbons (Fsp3) is 0.421. The van der Waals surface area contributed by atoms with E-state index in [0.717, 1.165) is 30.2 Å². The molecule has 1 amide bonds. The molecule has 2 saturated heterocycles. The average Bonchev–Trinajstić information content (AvgIpc) is 3.22. The van der Waals surface area contributed by atoms with E-state index < -0.39 is 10.0 Å². The summed E-state index contributed by atoms with van der Waals surface area (Å²) in [5.74, 6) is 0.102. The first-order valence-electron chi connectivity index (χ1n) is 9.07. The van der Waals surface area contributed by atoms with Crippen molar-refractivity contribution in [2.45, 2.75) is 23.8 Å². The lowest BCUT2D eigenvalue weighted by atomic mass is 10.1. The fourth-order valence-electron chi connectivity index (χ4n) is 3.74. The first-order valence-corrected chi connectivity index (χ1v) is 10.5. The van der Waals surface area contributed by atoms with Gasteiger partial charge in [0.25, 0.3) is 0 Å². The number of nitrogens with zero attached hydrogens (tertiary/aromatic N) is 2. The largest absolute Gasteiger partial charge is 0.339 e. The molecule has 1 N–H and O–H groups in total. The molecular formula is C19H23N3O3S. The van der Waals surface area contributed by atoms with Gasteiger partial charge < -0.3 is 10.2 Å². The molecule has 2 aliphatic heterocycles.